The Morgan fingerprint density at radius 3 is 2.84 bits per heavy atom. The van der Waals surface area contributed by atoms with Crippen LogP contribution in [0.2, 0.25) is 5.02 Å². The van der Waals surface area contributed by atoms with Gasteiger partial charge in [-0.3, -0.25) is 4.98 Å². The van der Waals surface area contributed by atoms with Gasteiger partial charge in [0.1, 0.15) is 23.7 Å². The highest BCUT2D eigenvalue weighted by Gasteiger charge is 2.48. The first kappa shape index (κ1) is 16.3. The van der Waals surface area contributed by atoms with Gasteiger partial charge in [0.05, 0.1) is 10.7 Å². The van der Waals surface area contributed by atoms with Gasteiger partial charge in [-0.05, 0) is 30.3 Å². The molecule has 0 amide bonds. The van der Waals surface area contributed by atoms with Crippen molar-refractivity contribution in [2.24, 2.45) is 10.4 Å². The highest BCUT2D eigenvalue weighted by atomic mass is 35.5. The van der Waals surface area contributed by atoms with Crippen LogP contribution in [0.25, 0.3) is 0 Å². The van der Waals surface area contributed by atoms with Crippen molar-refractivity contribution in [2.45, 2.75) is 26.0 Å². The van der Waals surface area contributed by atoms with Gasteiger partial charge < -0.3 is 9.64 Å². The van der Waals surface area contributed by atoms with E-state index in [2.05, 4.69) is 23.7 Å². The number of halogens is 2. The van der Waals surface area contributed by atoms with E-state index in [1.165, 1.54) is 12.1 Å². The zero-order valence-corrected chi connectivity index (χ0v) is 14.9. The predicted molar refractivity (Wildman–Crippen MR) is 96.8 cm³/mol. The summed E-state index contributed by atoms with van der Waals surface area (Å²) in [5, 5.41) is 0.419. The third-order valence-electron chi connectivity index (χ3n) is 4.78. The summed E-state index contributed by atoms with van der Waals surface area (Å²) in [4.78, 5) is 11.3. The molecule has 1 aromatic carbocycles. The summed E-state index contributed by atoms with van der Waals surface area (Å²) in [5.41, 5.74) is 1.44. The van der Waals surface area contributed by atoms with E-state index >= 15 is 0 Å². The number of hydrogen-bond acceptors (Lipinski definition) is 4. The maximum Gasteiger partial charge on any atom is 0.236 e. The van der Waals surface area contributed by atoms with Crippen molar-refractivity contribution in [1.82, 2.24) is 4.98 Å². The van der Waals surface area contributed by atoms with Gasteiger partial charge in [0, 0.05) is 24.7 Å². The summed E-state index contributed by atoms with van der Waals surface area (Å²) >= 11 is 6.26. The van der Waals surface area contributed by atoms with E-state index in [0.717, 1.165) is 17.9 Å². The molecular formula is C19H19ClFN3O. The summed E-state index contributed by atoms with van der Waals surface area (Å²) in [5.74, 6) is 0.262. The van der Waals surface area contributed by atoms with Crippen molar-refractivity contribution in [3.8, 4) is 0 Å². The molecule has 0 radical (unpaired) electrons. The number of piperidine rings is 1. The van der Waals surface area contributed by atoms with Gasteiger partial charge in [-0.25, -0.2) is 9.38 Å². The molecule has 2 aromatic rings. The first-order valence-electron chi connectivity index (χ1n) is 8.30. The van der Waals surface area contributed by atoms with Gasteiger partial charge in [0.15, 0.2) is 0 Å². The SMILES string of the molecule is CC1(C)CN(c2ccc(F)cc2Cl)CC2N=C(c3ccccn3)OC21. The maximum atomic E-state index is 13.4. The summed E-state index contributed by atoms with van der Waals surface area (Å²) in [7, 11) is 0. The Balaban J connectivity index is 1.65. The molecule has 25 heavy (non-hydrogen) atoms. The van der Waals surface area contributed by atoms with Crippen molar-refractivity contribution in [3.05, 3.63) is 59.1 Å². The highest BCUT2D eigenvalue weighted by Crippen LogP contribution is 2.40. The topological polar surface area (TPSA) is 37.7 Å². The molecule has 2 atom stereocenters. The number of benzene rings is 1. The molecule has 6 heteroatoms. The number of hydrogen-bond donors (Lipinski definition) is 0. The fourth-order valence-electron chi connectivity index (χ4n) is 3.67. The molecule has 0 spiro atoms. The number of anilines is 1. The van der Waals surface area contributed by atoms with E-state index in [-0.39, 0.29) is 23.4 Å². The second-order valence-corrected chi connectivity index (χ2v) is 7.63. The Morgan fingerprint density at radius 1 is 1.28 bits per heavy atom. The van der Waals surface area contributed by atoms with E-state index < -0.39 is 0 Å². The van der Waals surface area contributed by atoms with E-state index in [0.29, 0.717) is 17.5 Å². The van der Waals surface area contributed by atoms with Crippen LogP contribution >= 0.6 is 11.6 Å². The van der Waals surface area contributed by atoms with Crippen LogP contribution in [0.3, 0.4) is 0 Å². The van der Waals surface area contributed by atoms with Crippen LogP contribution in [0.5, 0.6) is 0 Å². The lowest BCUT2D eigenvalue weighted by Gasteiger charge is -2.45. The highest BCUT2D eigenvalue weighted by molar-refractivity contribution is 6.33. The number of nitrogens with zero attached hydrogens (tertiary/aromatic N) is 3. The Hall–Kier alpha value is -2.14. The van der Waals surface area contributed by atoms with Crippen molar-refractivity contribution in [1.29, 1.82) is 0 Å². The van der Waals surface area contributed by atoms with Gasteiger partial charge in [-0.1, -0.05) is 31.5 Å². The van der Waals surface area contributed by atoms with Crippen molar-refractivity contribution >= 4 is 23.2 Å². The largest absolute Gasteiger partial charge is 0.470 e. The first-order chi connectivity index (χ1) is 11.9. The smallest absolute Gasteiger partial charge is 0.236 e. The minimum Gasteiger partial charge on any atom is -0.470 e. The van der Waals surface area contributed by atoms with Crippen molar-refractivity contribution in [3.63, 3.8) is 0 Å². The number of ether oxygens (including phenoxy) is 1. The average molecular weight is 360 g/mol. The molecule has 3 heterocycles. The van der Waals surface area contributed by atoms with Crippen LogP contribution in [0.15, 0.2) is 47.6 Å². The van der Waals surface area contributed by atoms with Gasteiger partial charge in [-0.15, -0.1) is 0 Å². The predicted octanol–water partition coefficient (Wildman–Crippen LogP) is 3.93. The lowest BCUT2D eigenvalue weighted by Crippen LogP contribution is -2.55. The fourth-order valence-corrected chi connectivity index (χ4v) is 3.96. The normalized spacial score (nSPS) is 24.5. The number of aliphatic imine (C=N–C) groups is 1. The monoisotopic (exact) mass is 359 g/mol. The third-order valence-corrected chi connectivity index (χ3v) is 5.08. The summed E-state index contributed by atoms with van der Waals surface area (Å²) in [6.07, 6.45) is 1.72. The van der Waals surface area contributed by atoms with Gasteiger partial charge >= 0.3 is 0 Å². The molecule has 130 valence electrons. The van der Waals surface area contributed by atoms with Gasteiger partial charge in [0.2, 0.25) is 5.90 Å². The number of fused-ring (bicyclic) bond motifs is 1. The number of pyridine rings is 1. The Bertz CT molecular complexity index is 825. The van der Waals surface area contributed by atoms with Gasteiger partial charge in [0.25, 0.3) is 0 Å². The molecule has 1 fully saturated rings. The molecule has 0 saturated carbocycles. The molecule has 1 aromatic heterocycles. The van der Waals surface area contributed by atoms with Crippen LogP contribution in [0, 0.1) is 11.2 Å². The average Bonchev–Trinajstić information content (AvgIpc) is 3.00. The molecule has 4 nitrogen and oxygen atoms in total. The molecule has 2 aliphatic heterocycles. The molecular weight excluding hydrogens is 341 g/mol. The lowest BCUT2D eigenvalue weighted by atomic mass is 9.79. The standard InChI is InChI=1S/C19H19ClFN3O/c1-19(2)11-24(16-7-6-12(21)9-13(16)20)10-15-17(19)25-18(23-15)14-5-3-4-8-22-14/h3-9,15,17H,10-11H2,1-2H3. The lowest BCUT2D eigenvalue weighted by molar-refractivity contribution is 0.0519. The molecule has 2 unspecified atom stereocenters. The third kappa shape index (κ3) is 2.97. The van der Waals surface area contributed by atoms with Crippen LogP contribution < -0.4 is 4.90 Å². The minimum atomic E-state index is -0.331. The zero-order chi connectivity index (χ0) is 17.6. The molecule has 0 N–H and O–H groups in total. The van der Waals surface area contributed by atoms with Crippen molar-refractivity contribution < 1.29 is 9.13 Å². The van der Waals surface area contributed by atoms with Crippen LogP contribution in [0.4, 0.5) is 10.1 Å². The van der Waals surface area contributed by atoms with Crippen LogP contribution in [0.1, 0.15) is 19.5 Å². The van der Waals surface area contributed by atoms with E-state index in [1.807, 2.05) is 18.2 Å². The molecule has 0 aliphatic carbocycles. The van der Waals surface area contributed by atoms with Gasteiger partial charge in [-0.2, -0.15) is 0 Å². The van der Waals surface area contributed by atoms with Crippen molar-refractivity contribution in [2.75, 3.05) is 18.0 Å². The first-order valence-corrected chi connectivity index (χ1v) is 8.68. The summed E-state index contributed by atoms with van der Waals surface area (Å²) in [6, 6.07) is 10.2. The second kappa shape index (κ2) is 5.99. The van der Waals surface area contributed by atoms with Crippen LogP contribution in [-0.2, 0) is 4.74 Å². The summed E-state index contributed by atoms with van der Waals surface area (Å²) < 4.78 is 19.5. The Morgan fingerprint density at radius 2 is 2.12 bits per heavy atom. The molecule has 4 rings (SSSR count). The molecule has 1 saturated heterocycles. The Kier molecular flexibility index (Phi) is 3.91. The van der Waals surface area contributed by atoms with E-state index in [1.54, 1.807) is 12.3 Å². The number of rotatable bonds is 2. The van der Waals surface area contributed by atoms with E-state index in [9.17, 15) is 4.39 Å². The fraction of sp³-hybridized carbons (Fsp3) is 0.368. The van der Waals surface area contributed by atoms with E-state index in [4.69, 9.17) is 21.3 Å². The minimum absolute atomic E-state index is 0.0122. The Labute approximate surface area is 151 Å². The van der Waals surface area contributed by atoms with Crippen LogP contribution in [-0.4, -0.2) is 36.1 Å². The second-order valence-electron chi connectivity index (χ2n) is 7.22. The quantitative estimate of drug-likeness (QED) is 0.815. The maximum absolute atomic E-state index is 13.4. The molecule has 2 aliphatic rings. The zero-order valence-electron chi connectivity index (χ0n) is 14.1. The molecule has 0 bridgehead atoms. The summed E-state index contributed by atoms with van der Waals surface area (Å²) in [6.45, 7) is 5.75. The number of aromatic nitrogens is 1.